The molecule has 0 aromatic heterocycles. The van der Waals surface area contributed by atoms with Crippen LogP contribution < -0.4 is 5.32 Å². The van der Waals surface area contributed by atoms with Crippen molar-refractivity contribution in [1.82, 2.24) is 0 Å². The molecule has 3 aliphatic rings. The van der Waals surface area contributed by atoms with Crippen molar-refractivity contribution in [3.8, 4) is 0 Å². The number of halogens is 1. The van der Waals surface area contributed by atoms with Crippen molar-refractivity contribution in [2.45, 2.75) is 50.3 Å². The number of carbonyl (C=O) groups is 1. The minimum atomic E-state index is 0.136. The summed E-state index contributed by atoms with van der Waals surface area (Å²) in [5.41, 5.74) is 3.50. The van der Waals surface area contributed by atoms with Crippen molar-refractivity contribution >= 4 is 23.2 Å². The Hall–Kier alpha value is -1.02. The highest BCUT2D eigenvalue weighted by atomic mass is 35.5. The van der Waals surface area contributed by atoms with Gasteiger partial charge in [-0.3, -0.25) is 4.79 Å². The van der Waals surface area contributed by atoms with Crippen LogP contribution in [0.1, 0.15) is 55.0 Å². The molecule has 1 amide bonds. The van der Waals surface area contributed by atoms with E-state index in [1.807, 2.05) is 0 Å². The lowest BCUT2D eigenvalue weighted by molar-refractivity contribution is -0.116. The average molecular weight is 304 g/mol. The van der Waals surface area contributed by atoms with Crippen LogP contribution in [0.4, 0.5) is 5.69 Å². The fourth-order valence-electron chi connectivity index (χ4n) is 4.47. The summed E-state index contributed by atoms with van der Waals surface area (Å²) >= 11 is 6.80. The molecule has 0 radical (unpaired) electrons. The third kappa shape index (κ3) is 2.48. The molecule has 1 aliphatic heterocycles. The number of anilines is 1. The monoisotopic (exact) mass is 303 g/mol. The van der Waals surface area contributed by atoms with Crippen LogP contribution in [-0.4, -0.2) is 5.91 Å². The van der Waals surface area contributed by atoms with Gasteiger partial charge in [-0.25, -0.2) is 0 Å². The SMILES string of the molecule is O=C1CCCc2cc(C(Cl)C3C4CCCCC43)ccc2N1. The second kappa shape index (κ2) is 5.31. The zero-order valence-electron chi connectivity index (χ0n) is 12.3. The van der Waals surface area contributed by atoms with Crippen molar-refractivity contribution in [2.75, 3.05) is 5.32 Å². The highest BCUT2D eigenvalue weighted by Crippen LogP contribution is 2.62. The molecule has 3 heteroatoms. The Kier molecular flexibility index (Phi) is 3.45. The van der Waals surface area contributed by atoms with E-state index >= 15 is 0 Å². The minimum absolute atomic E-state index is 0.136. The van der Waals surface area contributed by atoms with Crippen molar-refractivity contribution in [3.63, 3.8) is 0 Å². The quantitative estimate of drug-likeness (QED) is 0.790. The summed E-state index contributed by atoms with van der Waals surface area (Å²) in [5, 5.41) is 3.16. The van der Waals surface area contributed by atoms with E-state index in [0.29, 0.717) is 12.3 Å². The largest absolute Gasteiger partial charge is 0.326 e. The van der Waals surface area contributed by atoms with E-state index in [-0.39, 0.29) is 11.3 Å². The highest BCUT2D eigenvalue weighted by Gasteiger charge is 2.53. The number of benzene rings is 1. The molecule has 0 spiro atoms. The van der Waals surface area contributed by atoms with Gasteiger partial charge in [0.25, 0.3) is 0 Å². The van der Waals surface area contributed by atoms with Crippen molar-refractivity contribution < 1.29 is 4.79 Å². The molecule has 2 nitrogen and oxygen atoms in total. The van der Waals surface area contributed by atoms with Gasteiger partial charge in [0.15, 0.2) is 0 Å². The predicted molar refractivity (Wildman–Crippen MR) is 85.5 cm³/mol. The number of fused-ring (bicyclic) bond motifs is 2. The number of rotatable bonds is 2. The normalized spacial score (nSPS) is 32.4. The van der Waals surface area contributed by atoms with Gasteiger partial charge in [-0.15, -0.1) is 11.6 Å². The molecule has 2 fully saturated rings. The lowest BCUT2D eigenvalue weighted by Gasteiger charge is -2.14. The summed E-state index contributed by atoms with van der Waals surface area (Å²) in [6.07, 6.45) is 8.06. The molecule has 3 unspecified atom stereocenters. The second-order valence-corrected chi connectivity index (χ2v) is 7.38. The Morgan fingerprint density at radius 3 is 2.62 bits per heavy atom. The number of amides is 1. The Balaban J connectivity index is 1.56. The smallest absolute Gasteiger partial charge is 0.224 e. The van der Waals surface area contributed by atoms with Gasteiger partial charge in [0.2, 0.25) is 5.91 Å². The first-order valence-corrected chi connectivity index (χ1v) is 8.74. The summed E-state index contributed by atoms with van der Waals surface area (Å²) < 4.78 is 0. The molecular weight excluding hydrogens is 282 g/mol. The summed E-state index contributed by atoms with van der Waals surface area (Å²) in [5.74, 6) is 2.57. The van der Waals surface area contributed by atoms with Crippen LogP contribution in [0, 0.1) is 17.8 Å². The molecule has 1 N–H and O–H groups in total. The number of aryl methyl sites for hydroxylation is 1. The van der Waals surface area contributed by atoms with Crippen LogP contribution in [0.2, 0.25) is 0 Å². The van der Waals surface area contributed by atoms with Gasteiger partial charge in [0.05, 0.1) is 5.38 Å². The lowest BCUT2D eigenvalue weighted by atomic mass is 10.00. The summed E-state index contributed by atoms with van der Waals surface area (Å²) in [6, 6.07) is 6.41. The van der Waals surface area contributed by atoms with Crippen molar-refractivity contribution in [2.24, 2.45) is 17.8 Å². The summed E-state index contributed by atoms with van der Waals surface area (Å²) in [4.78, 5) is 11.6. The van der Waals surface area contributed by atoms with Crippen LogP contribution in [0.15, 0.2) is 18.2 Å². The van der Waals surface area contributed by atoms with E-state index in [0.717, 1.165) is 30.4 Å². The van der Waals surface area contributed by atoms with Crippen LogP contribution >= 0.6 is 11.6 Å². The maximum absolute atomic E-state index is 11.6. The molecule has 3 atom stereocenters. The fraction of sp³-hybridized carbons (Fsp3) is 0.611. The molecule has 0 saturated heterocycles. The molecular formula is C18H22ClNO. The van der Waals surface area contributed by atoms with Gasteiger partial charge < -0.3 is 5.32 Å². The Labute approximate surface area is 131 Å². The van der Waals surface area contributed by atoms with Crippen LogP contribution in [0.3, 0.4) is 0 Å². The van der Waals surface area contributed by atoms with E-state index in [9.17, 15) is 4.79 Å². The predicted octanol–water partition coefficient (Wildman–Crippen LogP) is 4.68. The number of hydrogen-bond donors (Lipinski definition) is 1. The molecule has 4 rings (SSSR count). The molecule has 1 heterocycles. The van der Waals surface area contributed by atoms with Crippen molar-refractivity contribution in [1.29, 1.82) is 0 Å². The maximum atomic E-state index is 11.6. The van der Waals surface area contributed by atoms with Crippen LogP contribution in [0.25, 0.3) is 0 Å². The van der Waals surface area contributed by atoms with Gasteiger partial charge in [-0.05, 0) is 60.6 Å². The van der Waals surface area contributed by atoms with E-state index in [1.165, 1.54) is 36.8 Å². The first-order chi connectivity index (χ1) is 10.2. The van der Waals surface area contributed by atoms with Crippen LogP contribution in [0.5, 0.6) is 0 Å². The van der Waals surface area contributed by atoms with Crippen molar-refractivity contribution in [3.05, 3.63) is 29.3 Å². The zero-order chi connectivity index (χ0) is 14.4. The van der Waals surface area contributed by atoms with Gasteiger partial charge in [0.1, 0.15) is 0 Å². The summed E-state index contributed by atoms with van der Waals surface area (Å²) in [7, 11) is 0. The topological polar surface area (TPSA) is 29.1 Å². The average Bonchev–Trinajstić information content (AvgIpc) is 3.24. The number of hydrogen-bond acceptors (Lipinski definition) is 1. The Morgan fingerprint density at radius 2 is 1.86 bits per heavy atom. The first kappa shape index (κ1) is 13.6. The number of carbonyl (C=O) groups excluding carboxylic acids is 1. The first-order valence-electron chi connectivity index (χ1n) is 8.31. The number of nitrogens with one attached hydrogen (secondary N) is 1. The fourth-order valence-corrected chi connectivity index (χ4v) is 4.98. The van der Waals surface area contributed by atoms with E-state index < -0.39 is 0 Å². The van der Waals surface area contributed by atoms with E-state index in [2.05, 4.69) is 23.5 Å². The maximum Gasteiger partial charge on any atom is 0.224 e. The molecule has 2 aliphatic carbocycles. The zero-order valence-corrected chi connectivity index (χ0v) is 13.0. The standard InChI is InChI=1S/C18H22ClNO/c19-18(17-13-5-1-2-6-14(13)17)12-8-9-15-11(10-12)4-3-7-16(21)20-15/h8-10,13-14,17-18H,1-7H2,(H,20,21). The second-order valence-electron chi connectivity index (χ2n) is 6.91. The molecule has 2 saturated carbocycles. The lowest BCUT2D eigenvalue weighted by Crippen LogP contribution is -2.09. The van der Waals surface area contributed by atoms with E-state index in [1.54, 1.807) is 0 Å². The van der Waals surface area contributed by atoms with Gasteiger partial charge >= 0.3 is 0 Å². The van der Waals surface area contributed by atoms with Crippen LogP contribution in [-0.2, 0) is 11.2 Å². The molecule has 21 heavy (non-hydrogen) atoms. The molecule has 1 aromatic rings. The molecule has 112 valence electrons. The third-order valence-corrected chi connectivity index (χ3v) is 6.18. The highest BCUT2D eigenvalue weighted by molar-refractivity contribution is 6.21. The molecule has 1 aromatic carbocycles. The van der Waals surface area contributed by atoms with E-state index in [4.69, 9.17) is 11.6 Å². The minimum Gasteiger partial charge on any atom is -0.326 e. The van der Waals surface area contributed by atoms with Gasteiger partial charge in [0, 0.05) is 12.1 Å². The Morgan fingerprint density at radius 1 is 1.10 bits per heavy atom. The molecule has 0 bridgehead atoms. The summed E-state index contributed by atoms with van der Waals surface area (Å²) in [6.45, 7) is 0. The Bertz CT molecular complexity index is 558. The van der Waals surface area contributed by atoms with Gasteiger partial charge in [-0.1, -0.05) is 25.0 Å². The van der Waals surface area contributed by atoms with Gasteiger partial charge in [-0.2, -0.15) is 0 Å². The third-order valence-electron chi connectivity index (χ3n) is 5.63. The number of alkyl halides is 1.